The molecule has 0 spiro atoms. The number of nitrogens with two attached hydrogens (primary N) is 2. The summed E-state index contributed by atoms with van der Waals surface area (Å²) < 4.78 is 1.98. The van der Waals surface area contributed by atoms with Crippen LogP contribution in [0, 0.1) is 0 Å². The van der Waals surface area contributed by atoms with E-state index in [9.17, 15) is 4.79 Å². The molecule has 184 valence electrons. The van der Waals surface area contributed by atoms with Crippen molar-refractivity contribution in [3.8, 4) is 28.3 Å². The molecular formula is C29H27N7O. The van der Waals surface area contributed by atoms with Gasteiger partial charge in [-0.1, -0.05) is 30.3 Å². The minimum absolute atomic E-state index is 0.0233. The maximum atomic E-state index is 13.1. The van der Waals surface area contributed by atoms with E-state index in [1.165, 1.54) is 0 Å². The summed E-state index contributed by atoms with van der Waals surface area (Å²) in [6, 6.07) is 25.4. The van der Waals surface area contributed by atoms with Crippen molar-refractivity contribution in [3.63, 3.8) is 0 Å². The minimum atomic E-state index is 0.0233. The molecule has 1 fully saturated rings. The number of carbonyl (C=O) groups is 1. The summed E-state index contributed by atoms with van der Waals surface area (Å²) in [4.78, 5) is 29.1. The van der Waals surface area contributed by atoms with Gasteiger partial charge in [0.25, 0.3) is 5.91 Å². The van der Waals surface area contributed by atoms with Gasteiger partial charge in [-0.15, -0.1) is 0 Å². The summed E-state index contributed by atoms with van der Waals surface area (Å²) in [5, 5.41) is 0. The number of likely N-dealkylation sites (tertiary alicyclic amines) is 1. The van der Waals surface area contributed by atoms with Crippen LogP contribution in [0.4, 0.5) is 5.82 Å². The number of piperidine rings is 1. The molecule has 0 radical (unpaired) electrons. The molecule has 1 aliphatic heterocycles. The van der Waals surface area contributed by atoms with E-state index >= 15 is 0 Å². The molecule has 0 bridgehead atoms. The summed E-state index contributed by atoms with van der Waals surface area (Å²) in [5.74, 6) is 1.05. The van der Waals surface area contributed by atoms with Crippen molar-refractivity contribution in [2.75, 3.05) is 18.8 Å². The van der Waals surface area contributed by atoms with Gasteiger partial charge in [-0.25, -0.2) is 15.0 Å². The summed E-state index contributed by atoms with van der Waals surface area (Å²) in [5.41, 5.74) is 17.7. The third kappa shape index (κ3) is 4.32. The molecule has 1 saturated heterocycles. The fraction of sp³-hybridized carbons (Fsp3) is 0.172. The third-order valence-corrected chi connectivity index (χ3v) is 6.85. The molecule has 3 aromatic heterocycles. The second-order valence-electron chi connectivity index (χ2n) is 9.29. The number of amides is 1. The lowest BCUT2D eigenvalue weighted by atomic mass is 10.0. The fourth-order valence-electron chi connectivity index (χ4n) is 4.80. The number of nitrogens with zero attached hydrogens (tertiary/aromatic N) is 5. The van der Waals surface area contributed by atoms with Crippen molar-refractivity contribution in [2.24, 2.45) is 5.73 Å². The van der Waals surface area contributed by atoms with Crippen molar-refractivity contribution in [3.05, 3.63) is 90.6 Å². The molecule has 4 N–H and O–H groups in total. The highest BCUT2D eigenvalue weighted by Crippen LogP contribution is 2.32. The lowest BCUT2D eigenvalue weighted by Gasteiger charge is -2.30. The number of rotatable bonds is 4. The first-order chi connectivity index (χ1) is 18.1. The van der Waals surface area contributed by atoms with Crippen molar-refractivity contribution in [1.82, 2.24) is 24.4 Å². The van der Waals surface area contributed by atoms with Gasteiger partial charge < -0.3 is 16.4 Å². The van der Waals surface area contributed by atoms with E-state index in [2.05, 4.69) is 4.98 Å². The van der Waals surface area contributed by atoms with Gasteiger partial charge in [0.15, 0.2) is 11.5 Å². The van der Waals surface area contributed by atoms with Crippen LogP contribution >= 0.6 is 0 Å². The fourth-order valence-corrected chi connectivity index (χ4v) is 4.80. The maximum Gasteiger partial charge on any atom is 0.253 e. The summed E-state index contributed by atoms with van der Waals surface area (Å²) in [6.07, 6.45) is 3.32. The van der Waals surface area contributed by atoms with Crippen LogP contribution < -0.4 is 11.5 Å². The number of fused-ring (bicyclic) bond motifs is 1. The van der Waals surface area contributed by atoms with E-state index in [1.54, 1.807) is 6.20 Å². The molecule has 0 saturated carbocycles. The van der Waals surface area contributed by atoms with E-state index in [0.717, 1.165) is 35.3 Å². The summed E-state index contributed by atoms with van der Waals surface area (Å²) in [7, 11) is 0. The highest BCUT2D eigenvalue weighted by atomic mass is 16.2. The largest absolute Gasteiger partial charge is 0.383 e. The Balaban J connectivity index is 1.46. The lowest BCUT2D eigenvalue weighted by molar-refractivity contribution is 0.0715. The van der Waals surface area contributed by atoms with E-state index < -0.39 is 0 Å². The zero-order valence-electron chi connectivity index (χ0n) is 20.3. The number of carbonyl (C=O) groups excluding carboxylic acids is 1. The number of hydrogen-bond donors (Lipinski definition) is 2. The summed E-state index contributed by atoms with van der Waals surface area (Å²) in [6.45, 7) is 1.37. The predicted octanol–water partition coefficient (Wildman–Crippen LogP) is 4.30. The quantitative estimate of drug-likeness (QED) is 0.389. The Bertz CT molecular complexity index is 1570. The van der Waals surface area contributed by atoms with Crippen LogP contribution in [0.15, 0.2) is 85.1 Å². The number of aromatic nitrogens is 4. The molecular weight excluding hydrogens is 462 g/mol. The van der Waals surface area contributed by atoms with Gasteiger partial charge >= 0.3 is 0 Å². The Morgan fingerprint density at radius 3 is 2.35 bits per heavy atom. The molecule has 37 heavy (non-hydrogen) atoms. The number of hydrogen-bond acceptors (Lipinski definition) is 6. The van der Waals surface area contributed by atoms with Crippen molar-refractivity contribution in [2.45, 2.75) is 18.9 Å². The van der Waals surface area contributed by atoms with E-state index in [-0.39, 0.29) is 11.9 Å². The zero-order valence-corrected chi connectivity index (χ0v) is 20.3. The van der Waals surface area contributed by atoms with Crippen molar-refractivity contribution < 1.29 is 4.79 Å². The number of nitrogen functional groups attached to an aromatic ring is 1. The molecule has 8 nitrogen and oxygen atoms in total. The van der Waals surface area contributed by atoms with Gasteiger partial charge in [0.05, 0.1) is 11.3 Å². The lowest BCUT2D eigenvalue weighted by Crippen LogP contribution is -2.42. The standard InChI is InChI=1S/C29H27N7O/c30-21-14-17-35(18-15-21)29(37)20-8-10-22(11-9-20)36-27(23-7-4-16-32-26(23)31)34-25-13-12-24(33-28(25)36)19-5-2-1-3-6-19/h1-13,16,21H,14-15,17-18,30H2,(H2,31,32). The Morgan fingerprint density at radius 1 is 0.865 bits per heavy atom. The topological polar surface area (TPSA) is 116 Å². The Hall–Kier alpha value is -4.56. The van der Waals surface area contributed by atoms with Crippen LogP contribution in [0.5, 0.6) is 0 Å². The van der Waals surface area contributed by atoms with E-state index in [1.807, 2.05) is 88.3 Å². The zero-order chi connectivity index (χ0) is 25.4. The van der Waals surface area contributed by atoms with Crippen LogP contribution in [0.2, 0.25) is 0 Å². The number of imidazole rings is 1. The van der Waals surface area contributed by atoms with E-state index in [4.69, 9.17) is 21.4 Å². The molecule has 0 aliphatic carbocycles. The van der Waals surface area contributed by atoms with E-state index in [0.29, 0.717) is 41.5 Å². The van der Waals surface area contributed by atoms with Crippen LogP contribution in [0.25, 0.3) is 39.5 Å². The van der Waals surface area contributed by atoms with Crippen molar-refractivity contribution in [1.29, 1.82) is 0 Å². The first kappa shape index (κ1) is 22.9. The number of benzene rings is 2. The Kier molecular flexibility index (Phi) is 5.86. The van der Waals surface area contributed by atoms with Gasteiger partial charge in [0.1, 0.15) is 11.3 Å². The molecule has 0 atom stereocenters. The monoisotopic (exact) mass is 489 g/mol. The second kappa shape index (κ2) is 9.48. The average Bonchev–Trinajstić information content (AvgIpc) is 3.32. The average molecular weight is 490 g/mol. The molecule has 1 aliphatic rings. The molecule has 2 aromatic carbocycles. The molecule has 6 rings (SSSR count). The minimum Gasteiger partial charge on any atom is -0.383 e. The molecule has 1 amide bonds. The molecule has 8 heteroatoms. The van der Waals surface area contributed by atoms with Crippen LogP contribution in [-0.4, -0.2) is 49.5 Å². The Morgan fingerprint density at radius 2 is 1.62 bits per heavy atom. The summed E-state index contributed by atoms with van der Waals surface area (Å²) >= 11 is 0. The first-order valence-electron chi connectivity index (χ1n) is 12.4. The maximum absolute atomic E-state index is 13.1. The molecule has 5 aromatic rings. The number of anilines is 1. The highest BCUT2D eigenvalue weighted by Gasteiger charge is 2.23. The smallest absolute Gasteiger partial charge is 0.253 e. The Labute approximate surface area is 214 Å². The first-order valence-corrected chi connectivity index (χ1v) is 12.4. The van der Waals surface area contributed by atoms with Crippen molar-refractivity contribution >= 4 is 22.9 Å². The van der Waals surface area contributed by atoms with Gasteiger partial charge in [-0.05, 0) is 61.4 Å². The van der Waals surface area contributed by atoms with Gasteiger partial charge in [-0.3, -0.25) is 9.36 Å². The SMILES string of the molecule is Nc1ncccc1-c1nc2ccc(-c3ccccc3)nc2n1-c1ccc(C(=O)N2CCC(N)CC2)cc1. The third-order valence-electron chi connectivity index (χ3n) is 6.85. The number of pyridine rings is 2. The highest BCUT2D eigenvalue weighted by molar-refractivity contribution is 5.94. The normalized spacial score (nSPS) is 14.2. The van der Waals surface area contributed by atoms with Gasteiger partial charge in [0.2, 0.25) is 0 Å². The van der Waals surface area contributed by atoms with Crippen LogP contribution in [-0.2, 0) is 0 Å². The van der Waals surface area contributed by atoms with Gasteiger partial charge in [-0.2, -0.15) is 0 Å². The molecule has 4 heterocycles. The molecule has 0 unspecified atom stereocenters. The van der Waals surface area contributed by atoms with Crippen LogP contribution in [0.1, 0.15) is 23.2 Å². The van der Waals surface area contributed by atoms with Gasteiger partial charge in [0, 0.05) is 42.1 Å². The second-order valence-corrected chi connectivity index (χ2v) is 9.29. The van der Waals surface area contributed by atoms with Crippen LogP contribution in [0.3, 0.4) is 0 Å². The predicted molar refractivity (Wildman–Crippen MR) is 145 cm³/mol.